The highest BCUT2D eigenvalue weighted by Crippen LogP contribution is 2.23. The third-order valence-corrected chi connectivity index (χ3v) is 5.77. The predicted molar refractivity (Wildman–Crippen MR) is 91.8 cm³/mol. The molecular formula is C15H24ClN3O3S. The van der Waals surface area contributed by atoms with Gasteiger partial charge < -0.3 is 11.1 Å². The Morgan fingerprint density at radius 3 is 2.48 bits per heavy atom. The average Bonchev–Trinajstić information content (AvgIpc) is 2.53. The zero-order chi connectivity index (χ0) is 16.2. The minimum Gasteiger partial charge on any atom is -0.351 e. The van der Waals surface area contributed by atoms with Gasteiger partial charge >= 0.3 is 0 Å². The van der Waals surface area contributed by atoms with Gasteiger partial charge in [-0.05, 0) is 31.4 Å². The Hall–Kier alpha value is -1.15. The SMILES string of the molecule is C[C@H](N)C(=O)NCc1ccccc1S(=O)(=O)N1CCCCC1.Cl. The number of amides is 1. The summed E-state index contributed by atoms with van der Waals surface area (Å²) in [6, 6.07) is 6.16. The van der Waals surface area contributed by atoms with Crippen molar-refractivity contribution in [2.45, 2.75) is 43.7 Å². The first kappa shape index (κ1) is 19.9. The molecule has 1 aromatic rings. The maximum Gasteiger partial charge on any atom is 0.243 e. The summed E-state index contributed by atoms with van der Waals surface area (Å²) in [6.45, 7) is 2.86. The fourth-order valence-corrected chi connectivity index (χ4v) is 4.23. The molecule has 1 amide bonds. The lowest BCUT2D eigenvalue weighted by Crippen LogP contribution is -2.39. The lowest BCUT2D eigenvalue weighted by atomic mass is 10.2. The van der Waals surface area contributed by atoms with Crippen LogP contribution < -0.4 is 11.1 Å². The van der Waals surface area contributed by atoms with Gasteiger partial charge in [-0.3, -0.25) is 4.79 Å². The summed E-state index contributed by atoms with van der Waals surface area (Å²) in [5, 5.41) is 2.67. The largest absolute Gasteiger partial charge is 0.351 e. The second kappa shape index (κ2) is 8.63. The molecule has 3 N–H and O–H groups in total. The van der Waals surface area contributed by atoms with Crippen molar-refractivity contribution >= 4 is 28.3 Å². The molecule has 1 aliphatic rings. The summed E-state index contributed by atoms with van der Waals surface area (Å²) in [6.07, 6.45) is 2.85. The molecule has 6 nitrogen and oxygen atoms in total. The van der Waals surface area contributed by atoms with E-state index >= 15 is 0 Å². The number of rotatable bonds is 5. The van der Waals surface area contributed by atoms with E-state index in [-0.39, 0.29) is 29.8 Å². The molecule has 1 fully saturated rings. The standard InChI is InChI=1S/C15H23N3O3S.ClH/c1-12(16)15(19)17-11-13-7-3-4-8-14(13)22(20,21)18-9-5-2-6-10-18;/h3-4,7-8,12H,2,5-6,9-11,16H2,1H3,(H,17,19);1H/t12-;/m0./s1. The third-order valence-electron chi connectivity index (χ3n) is 3.77. The molecule has 0 spiro atoms. The van der Waals surface area contributed by atoms with Crippen molar-refractivity contribution in [1.29, 1.82) is 0 Å². The van der Waals surface area contributed by atoms with E-state index in [0.717, 1.165) is 19.3 Å². The smallest absolute Gasteiger partial charge is 0.243 e. The molecule has 0 aliphatic carbocycles. The number of carbonyl (C=O) groups is 1. The lowest BCUT2D eigenvalue weighted by Gasteiger charge is -2.26. The van der Waals surface area contributed by atoms with Gasteiger partial charge in [0.25, 0.3) is 0 Å². The molecule has 1 saturated heterocycles. The van der Waals surface area contributed by atoms with Crippen LogP contribution in [0.2, 0.25) is 0 Å². The highest BCUT2D eigenvalue weighted by Gasteiger charge is 2.27. The van der Waals surface area contributed by atoms with Crippen LogP contribution in [0.3, 0.4) is 0 Å². The molecule has 2 rings (SSSR count). The van der Waals surface area contributed by atoms with E-state index in [1.807, 2.05) is 0 Å². The summed E-state index contributed by atoms with van der Waals surface area (Å²) < 4.78 is 27.1. The minimum absolute atomic E-state index is 0. The highest BCUT2D eigenvalue weighted by atomic mass is 35.5. The normalized spacial score (nSPS) is 17.1. The number of nitrogens with two attached hydrogens (primary N) is 1. The average molecular weight is 362 g/mol. The van der Waals surface area contributed by atoms with Crippen molar-refractivity contribution in [3.8, 4) is 0 Å². The van der Waals surface area contributed by atoms with Gasteiger partial charge in [-0.15, -0.1) is 12.4 Å². The van der Waals surface area contributed by atoms with Crippen LogP contribution in [0.4, 0.5) is 0 Å². The van der Waals surface area contributed by atoms with E-state index in [1.54, 1.807) is 31.2 Å². The van der Waals surface area contributed by atoms with Gasteiger partial charge in [-0.1, -0.05) is 24.6 Å². The Morgan fingerprint density at radius 1 is 1.26 bits per heavy atom. The molecule has 0 aromatic heterocycles. The van der Waals surface area contributed by atoms with Crippen LogP contribution >= 0.6 is 12.4 Å². The summed E-state index contributed by atoms with van der Waals surface area (Å²) >= 11 is 0. The molecule has 0 radical (unpaired) electrons. The van der Waals surface area contributed by atoms with Gasteiger partial charge in [0, 0.05) is 19.6 Å². The van der Waals surface area contributed by atoms with Gasteiger partial charge in [-0.25, -0.2) is 8.42 Å². The lowest BCUT2D eigenvalue weighted by molar-refractivity contribution is -0.122. The number of nitrogens with one attached hydrogen (secondary N) is 1. The van der Waals surface area contributed by atoms with Crippen LogP contribution in [0.15, 0.2) is 29.2 Å². The number of benzene rings is 1. The maximum absolute atomic E-state index is 12.8. The first-order chi connectivity index (χ1) is 10.4. The topological polar surface area (TPSA) is 92.5 Å². The zero-order valence-corrected chi connectivity index (χ0v) is 14.8. The molecular weight excluding hydrogens is 338 g/mol. The third kappa shape index (κ3) is 4.91. The van der Waals surface area contributed by atoms with E-state index in [1.165, 1.54) is 4.31 Å². The van der Waals surface area contributed by atoms with Crippen LogP contribution in [-0.2, 0) is 21.4 Å². The first-order valence-corrected chi connectivity index (χ1v) is 8.98. The molecule has 1 heterocycles. The van der Waals surface area contributed by atoms with E-state index in [4.69, 9.17) is 5.73 Å². The van der Waals surface area contributed by atoms with Crippen molar-refractivity contribution in [1.82, 2.24) is 9.62 Å². The second-order valence-corrected chi connectivity index (χ2v) is 7.49. The number of halogens is 1. The van der Waals surface area contributed by atoms with Crippen molar-refractivity contribution in [3.05, 3.63) is 29.8 Å². The van der Waals surface area contributed by atoms with Gasteiger partial charge in [0.15, 0.2) is 0 Å². The Morgan fingerprint density at radius 2 is 1.87 bits per heavy atom. The maximum atomic E-state index is 12.8. The molecule has 130 valence electrons. The number of hydrogen-bond donors (Lipinski definition) is 2. The molecule has 0 bridgehead atoms. The summed E-state index contributed by atoms with van der Waals surface area (Å²) in [5.41, 5.74) is 6.09. The molecule has 1 atom stereocenters. The van der Waals surface area contributed by atoms with Crippen molar-refractivity contribution in [2.75, 3.05) is 13.1 Å². The quantitative estimate of drug-likeness (QED) is 0.825. The number of hydrogen-bond acceptors (Lipinski definition) is 4. The van der Waals surface area contributed by atoms with E-state index in [9.17, 15) is 13.2 Å². The van der Waals surface area contributed by atoms with Crippen LogP contribution in [0.5, 0.6) is 0 Å². The Kier molecular flexibility index (Phi) is 7.47. The molecule has 1 aliphatic heterocycles. The minimum atomic E-state index is -3.51. The first-order valence-electron chi connectivity index (χ1n) is 7.54. The second-order valence-electron chi connectivity index (χ2n) is 5.58. The van der Waals surface area contributed by atoms with Crippen LogP contribution in [0.1, 0.15) is 31.7 Å². The molecule has 23 heavy (non-hydrogen) atoms. The van der Waals surface area contributed by atoms with Crippen LogP contribution in [0, 0.1) is 0 Å². The fraction of sp³-hybridized carbons (Fsp3) is 0.533. The van der Waals surface area contributed by atoms with E-state index in [0.29, 0.717) is 18.7 Å². The van der Waals surface area contributed by atoms with Gasteiger partial charge in [0.1, 0.15) is 0 Å². The summed E-state index contributed by atoms with van der Waals surface area (Å²) in [7, 11) is -3.51. The van der Waals surface area contributed by atoms with Gasteiger partial charge in [-0.2, -0.15) is 4.31 Å². The van der Waals surface area contributed by atoms with E-state index < -0.39 is 16.1 Å². The zero-order valence-electron chi connectivity index (χ0n) is 13.2. The summed E-state index contributed by atoms with van der Waals surface area (Å²) in [4.78, 5) is 11.8. The highest BCUT2D eigenvalue weighted by molar-refractivity contribution is 7.89. The number of sulfonamides is 1. The number of nitrogens with zero attached hydrogens (tertiary/aromatic N) is 1. The van der Waals surface area contributed by atoms with Gasteiger partial charge in [0.05, 0.1) is 10.9 Å². The Labute approximate surface area is 143 Å². The van der Waals surface area contributed by atoms with Crippen LogP contribution in [-0.4, -0.2) is 37.8 Å². The number of piperidine rings is 1. The molecule has 8 heteroatoms. The Balaban J connectivity index is 0.00000264. The van der Waals surface area contributed by atoms with Crippen LogP contribution in [0.25, 0.3) is 0 Å². The van der Waals surface area contributed by atoms with E-state index in [2.05, 4.69) is 5.32 Å². The number of carbonyl (C=O) groups excluding carboxylic acids is 1. The fourth-order valence-electron chi connectivity index (χ4n) is 2.49. The van der Waals surface area contributed by atoms with Gasteiger partial charge in [0.2, 0.25) is 15.9 Å². The van der Waals surface area contributed by atoms with Crippen molar-refractivity contribution < 1.29 is 13.2 Å². The monoisotopic (exact) mass is 361 g/mol. The predicted octanol–water partition coefficient (Wildman–Crippen LogP) is 1.25. The molecule has 0 unspecified atom stereocenters. The molecule has 1 aromatic carbocycles. The van der Waals surface area contributed by atoms with Crippen molar-refractivity contribution in [3.63, 3.8) is 0 Å². The molecule has 0 saturated carbocycles. The Bertz CT molecular complexity index is 629. The summed E-state index contributed by atoms with van der Waals surface area (Å²) in [5.74, 6) is -0.301. The van der Waals surface area contributed by atoms with Crippen molar-refractivity contribution in [2.24, 2.45) is 5.73 Å².